The Kier molecular flexibility index (Phi) is 12.2. The Morgan fingerprint density at radius 3 is 2.26 bits per heavy atom. The number of benzene rings is 2. The van der Waals surface area contributed by atoms with E-state index in [1.165, 1.54) is 69.1 Å². The standard InChI is InChI=1S/C30H42ClN3O/c1-2-3-4-5-6-7-8-9-17-24-34-28-21-15-14-20-27(28)33-29(34)22-11-10-16-23-32-30(35)25-18-12-13-19-26(25)31/h12-15,18-21H,2-11,16-17,22-24H2,1H3,(H,32,35). The number of aromatic nitrogens is 2. The van der Waals surface area contributed by atoms with E-state index in [0.717, 1.165) is 37.7 Å². The fraction of sp³-hybridized carbons (Fsp3) is 0.533. The van der Waals surface area contributed by atoms with Gasteiger partial charge in [0.25, 0.3) is 5.91 Å². The molecule has 3 rings (SSSR count). The molecular weight excluding hydrogens is 454 g/mol. The van der Waals surface area contributed by atoms with Gasteiger partial charge in [-0.2, -0.15) is 0 Å². The molecule has 1 heterocycles. The molecule has 0 aliphatic carbocycles. The minimum Gasteiger partial charge on any atom is -0.352 e. The largest absolute Gasteiger partial charge is 0.352 e. The molecule has 1 N–H and O–H groups in total. The van der Waals surface area contributed by atoms with Gasteiger partial charge in [-0.25, -0.2) is 4.98 Å². The van der Waals surface area contributed by atoms with Gasteiger partial charge in [-0.15, -0.1) is 0 Å². The van der Waals surface area contributed by atoms with E-state index in [-0.39, 0.29) is 5.91 Å². The molecule has 0 fully saturated rings. The topological polar surface area (TPSA) is 46.9 Å². The van der Waals surface area contributed by atoms with Gasteiger partial charge in [0.1, 0.15) is 5.82 Å². The molecular formula is C30H42ClN3O. The molecule has 0 unspecified atom stereocenters. The van der Waals surface area contributed by atoms with Crippen LogP contribution in [-0.4, -0.2) is 22.0 Å². The number of rotatable bonds is 17. The maximum atomic E-state index is 12.3. The Bertz CT molecular complexity index is 1030. The van der Waals surface area contributed by atoms with Crippen molar-refractivity contribution in [2.45, 2.75) is 96.9 Å². The average Bonchev–Trinajstić information content (AvgIpc) is 3.22. The highest BCUT2D eigenvalue weighted by Crippen LogP contribution is 2.20. The number of hydrogen-bond acceptors (Lipinski definition) is 2. The summed E-state index contributed by atoms with van der Waals surface area (Å²) in [6.45, 7) is 4.00. The van der Waals surface area contributed by atoms with Crippen LogP contribution in [0, 0.1) is 0 Å². The number of carbonyl (C=O) groups excluding carboxylic acids is 1. The molecule has 2 aromatic carbocycles. The van der Waals surface area contributed by atoms with Gasteiger partial charge in [-0.1, -0.05) is 101 Å². The SMILES string of the molecule is CCCCCCCCCCCn1c(CCCCCNC(=O)c2ccccc2Cl)nc2ccccc21. The Hall–Kier alpha value is -2.33. The number of nitrogens with zero attached hydrogens (tertiary/aromatic N) is 2. The molecule has 0 saturated carbocycles. The fourth-order valence-corrected chi connectivity index (χ4v) is 4.90. The lowest BCUT2D eigenvalue weighted by atomic mass is 10.1. The number of imidazole rings is 1. The summed E-state index contributed by atoms with van der Waals surface area (Å²) in [5, 5.41) is 3.48. The van der Waals surface area contributed by atoms with Gasteiger partial charge in [0, 0.05) is 19.5 Å². The summed E-state index contributed by atoms with van der Waals surface area (Å²) < 4.78 is 2.44. The predicted octanol–water partition coefficient (Wildman–Crippen LogP) is 8.36. The number of halogens is 1. The summed E-state index contributed by atoms with van der Waals surface area (Å²) in [4.78, 5) is 17.2. The lowest BCUT2D eigenvalue weighted by molar-refractivity contribution is 0.0953. The molecule has 1 amide bonds. The summed E-state index contributed by atoms with van der Waals surface area (Å²) in [5.74, 6) is 1.10. The second-order valence-electron chi connectivity index (χ2n) is 9.54. The summed E-state index contributed by atoms with van der Waals surface area (Å²) in [7, 11) is 0. The number of fused-ring (bicyclic) bond motifs is 1. The lowest BCUT2D eigenvalue weighted by Crippen LogP contribution is -2.24. The van der Waals surface area contributed by atoms with Gasteiger partial charge in [0.2, 0.25) is 0 Å². The van der Waals surface area contributed by atoms with Crippen LogP contribution in [-0.2, 0) is 13.0 Å². The number of aryl methyl sites for hydroxylation is 2. The first-order valence-electron chi connectivity index (χ1n) is 13.7. The Morgan fingerprint density at radius 2 is 1.49 bits per heavy atom. The van der Waals surface area contributed by atoms with E-state index in [9.17, 15) is 4.79 Å². The summed E-state index contributed by atoms with van der Waals surface area (Å²) >= 11 is 6.11. The number of nitrogens with one attached hydrogen (secondary N) is 1. The highest BCUT2D eigenvalue weighted by atomic mass is 35.5. The van der Waals surface area contributed by atoms with Crippen molar-refractivity contribution in [2.75, 3.05) is 6.54 Å². The third-order valence-electron chi connectivity index (χ3n) is 6.70. The molecule has 0 atom stereocenters. The second-order valence-corrected chi connectivity index (χ2v) is 9.95. The van der Waals surface area contributed by atoms with Crippen molar-refractivity contribution >= 4 is 28.5 Å². The highest BCUT2D eigenvalue weighted by Gasteiger charge is 2.11. The third kappa shape index (κ3) is 9.00. The fourth-order valence-electron chi connectivity index (χ4n) is 4.67. The van der Waals surface area contributed by atoms with E-state index in [4.69, 9.17) is 16.6 Å². The van der Waals surface area contributed by atoms with Crippen LogP contribution in [0.3, 0.4) is 0 Å². The minimum absolute atomic E-state index is 0.0987. The van der Waals surface area contributed by atoms with Gasteiger partial charge in [-0.3, -0.25) is 4.79 Å². The highest BCUT2D eigenvalue weighted by molar-refractivity contribution is 6.33. The van der Waals surface area contributed by atoms with Crippen LogP contribution in [0.5, 0.6) is 0 Å². The van der Waals surface area contributed by atoms with E-state index in [2.05, 4.69) is 41.1 Å². The molecule has 0 aliphatic rings. The molecule has 190 valence electrons. The van der Waals surface area contributed by atoms with Crippen LogP contribution in [0.15, 0.2) is 48.5 Å². The zero-order chi connectivity index (χ0) is 24.7. The van der Waals surface area contributed by atoms with Crippen molar-refractivity contribution in [2.24, 2.45) is 0 Å². The second kappa shape index (κ2) is 15.6. The maximum absolute atomic E-state index is 12.3. The number of unbranched alkanes of at least 4 members (excludes halogenated alkanes) is 10. The molecule has 5 heteroatoms. The zero-order valence-electron chi connectivity index (χ0n) is 21.4. The molecule has 0 spiro atoms. The van der Waals surface area contributed by atoms with Gasteiger partial charge in [0.05, 0.1) is 21.6 Å². The Balaban J connectivity index is 1.38. The molecule has 0 radical (unpaired) electrons. The van der Waals surface area contributed by atoms with Crippen molar-refractivity contribution in [1.82, 2.24) is 14.9 Å². The van der Waals surface area contributed by atoms with Gasteiger partial charge in [-0.05, 0) is 43.5 Å². The monoisotopic (exact) mass is 495 g/mol. The molecule has 1 aromatic heterocycles. The molecule has 3 aromatic rings. The van der Waals surface area contributed by atoms with E-state index in [1.807, 2.05) is 12.1 Å². The van der Waals surface area contributed by atoms with Crippen LogP contribution in [0.4, 0.5) is 0 Å². The summed E-state index contributed by atoms with van der Waals surface area (Å²) in [6.07, 6.45) is 16.2. The molecule has 0 aliphatic heterocycles. The lowest BCUT2D eigenvalue weighted by Gasteiger charge is -2.10. The zero-order valence-corrected chi connectivity index (χ0v) is 22.2. The van der Waals surface area contributed by atoms with Crippen molar-refractivity contribution in [3.8, 4) is 0 Å². The first-order valence-corrected chi connectivity index (χ1v) is 14.1. The Morgan fingerprint density at radius 1 is 0.829 bits per heavy atom. The normalized spacial score (nSPS) is 11.3. The van der Waals surface area contributed by atoms with Gasteiger partial charge in [0.15, 0.2) is 0 Å². The van der Waals surface area contributed by atoms with E-state index in [0.29, 0.717) is 17.1 Å². The van der Waals surface area contributed by atoms with E-state index >= 15 is 0 Å². The number of amides is 1. The average molecular weight is 496 g/mol. The predicted molar refractivity (Wildman–Crippen MR) is 148 cm³/mol. The number of hydrogen-bond donors (Lipinski definition) is 1. The first-order chi connectivity index (χ1) is 17.2. The molecule has 35 heavy (non-hydrogen) atoms. The number of carbonyl (C=O) groups is 1. The van der Waals surface area contributed by atoms with Crippen LogP contribution < -0.4 is 5.32 Å². The van der Waals surface area contributed by atoms with E-state index < -0.39 is 0 Å². The molecule has 0 bridgehead atoms. The quantitative estimate of drug-likeness (QED) is 0.191. The Labute approximate surface area is 216 Å². The maximum Gasteiger partial charge on any atom is 0.252 e. The van der Waals surface area contributed by atoms with Crippen molar-refractivity contribution < 1.29 is 4.79 Å². The van der Waals surface area contributed by atoms with Gasteiger partial charge < -0.3 is 9.88 Å². The number of para-hydroxylation sites is 2. The van der Waals surface area contributed by atoms with Crippen molar-refractivity contribution in [1.29, 1.82) is 0 Å². The summed E-state index contributed by atoms with van der Waals surface area (Å²) in [6, 6.07) is 15.7. The van der Waals surface area contributed by atoms with E-state index in [1.54, 1.807) is 12.1 Å². The third-order valence-corrected chi connectivity index (χ3v) is 7.03. The molecule has 0 saturated heterocycles. The van der Waals surface area contributed by atoms with Crippen LogP contribution in [0.25, 0.3) is 11.0 Å². The van der Waals surface area contributed by atoms with Crippen molar-refractivity contribution in [3.05, 3.63) is 64.9 Å². The van der Waals surface area contributed by atoms with Crippen LogP contribution in [0.1, 0.15) is 100 Å². The van der Waals surface area contributed by atoms with Gasteiger partial charge >= 0.3 is 0 Å². The smallest absolute Gasteiger partial charge is 0.252 e. The first kappa shape index (κ1) is 27.3. The minimum atomic E-state index is -0.0987. The van der Waals surface area contributed by atoms with Crippen LogP contribution in [0.2, 0.25) is 5.02 Å². The van der Waals surface area contributed by atoms with Crippen molar-refractivity contribution in [3.63, 3.8) is 0 Å². The molecule has 4 nitrogen and oxygen atoms in total. The van der Waals surface area contributed by atoms with Crippen LogP contribution >= 0.6 is 11.6 Å². The summed E-state index contributed by atoms with van der Waals surface area (Å²) in [5.41, 5.74) is 2.90.